The predicted molar refractivity (Wildman–Crippen MR) is 114 cm³/mol. The van der Waals surface area contributed by atoms with Gasteiger partial charge in [-0.25, -0.2) is 10.2 Å². The third-order valence-corrected chi connectivity index (χ3v) is 4.34. The molecule has 0 fully saturated rings. The molecule has 0 radical (unpaired) electrons. The summed E-state index contributed by atoms with van der Waals surface area (Å²) >= 11 is 0. The van der Waals surface area contributed by atoms with E-state index in [1.54, 1.807) is 18.2 Å². The summed E-state index contributed by atoms with van der Waals surface area (Å²) in [6.45, 7) is 1.89. The maximum Gasteiger partial charge on any atom is 0.335 e. The molecule has 1 aromatic heterocycles. The molecule has 9 heteroatoms. The van der Waals surface area contributed by atoms with E-state index >= 15 is 0 Å². The van der Waals surface area contributed by atoms with Gasteiger partial charge in [0, 0.05) is 18.5 Å². The summed E-state index contributed by atoms with van der Waals surface area (Å²) in [6, 6.07) is 10.9. The number of nitrogens with zero attached hydrogens (tertiary/aromatic N) is 1. The normalized spacial score (nSPS) is 10.9. The molecule has 0 spiro atoms. The maximum absolute atomic E-state index is 12.4. The molecule has 3 N–H and O–H groups in total. The molecule has 0 saturated heterocycles. The van der Waals surface area contributed by atoms with Gasteiger partial charge in [-0.05, 0) is 48.9 Å². The second-order valence-electron chi connectivity index (χ2n) is 6.74. The van der Waals surface area contributed by atoms with Crippen molar-refractivity contribution in [3.8, 4) is 0 Å². The minimum atomic E-state index is -1.06. The zero-order chi connectivity index (χ0) is 22.4. The largest absolute Gasteiger partial charge is 0.478 e. The van der Waals surface area contributed by atoms with E-state index in [2.05, 4.69) is 15.8 Å². The highest BCUT2D eigenvalue weighted by atomic mass is 16.4. The molecule has 3 aromatic rings. The van der Waals surface area contributed by atoms with Gasteiger partial charge >= 0.3 is 5.97 Å². The van der Waals surface area contributed by atoms with Gasteiger partial charge in [0.2, 0.25) is 17.2 Å². The minimum absolute atomic E-state index is 0.0977. The van der Waals surface area contributed by atoms with Crippen LogP contribution in [0.15, 0.2) is 63.0 Å². The van der Waals surface area contributed by atoms with Gasteiger partial charge < -0.3 is 14.8 Å². The van der Waals surface area contributed by atoms with Crippen LogP contribution in [0.5, 0.6) is 0 Å². The molecule has 0 aliphatic carbocycles. The number of carbonyl (C=O) groups excluding carboxylic acids is 2. The first-order valence-electron chi connectivity index (χ1n) is 9.31. The summed E-state index contributed by atoms with van der Waals surface area (Å²) in [5.74, 6) is -1.98. The van der Waals surface area contributed by atoms with E-state index in [-0.39, 0.29) is 29.4 Å². The second-order valence-corrected chi connectivity index (χ2v) is 6.74. The number of aryl methyl sites for hydroxylation is 1. The Morgan fingerprint density at radius 1 is 1.06 bits per heavy atom. The minimum Gasteiger partial charge on any atom is -0.478 e. The van der Waals surface area contributed by atoms with E-state index in [0.29, 0.717) is 16.7 Å². The topological polar surface area (TPSA) is 138 Å². The van der Waals surface area contributed by atoms with Crippen LogP contribution in [0.1, 0.15) is 34.3 Å². The van der Waals surface area contributed by atoms with Crippen LogP contribution in [0.3, 0.4) is 0 Å². The predicted octanol–water partition coefficient (Wildman–Crippen LogP) is 2.67. The van der Waals surface area contributed by atoms with E-state index in [0.717, 1.165) is 5.56 Å². The summed E-state index contributed by atoms with van der Waals surface area (Å²) in [6.07, 6.45) is 2.23. The van der Waals surface area contributed by atoms with Gasteiger partial charge in [0.25, 0.3) is 0 Å². The lowest BCUT2D eigenvalue weighted by atomic mass is 10.1. The standard InChI is InChI=1S/C22H19N3O6/c1-13-2-7-17-18(10-13)31-12-15(21(17)28)11-23-25-20(27)9-8-19(26)24-16-5-3-14(4-6-16)22(29)30/h2-7,10-12H,8-9H2,1H3,(H,24,26)(H,25,27)(H,29,30). The van der Waals surface area contributed by atoms with Crippen LogP contribution < -0.4 is 16.2 Å². The smallest absolute Gasteiger partial charge is 0.335 e. The third kappa shape index (κ3) is 5.63. The lowest BCUT2D eigenvalue weighted by Crippen LogP contribution is -2.21. The molecule has 0 unspecified atom stereocenters. The van der Waals surface area contributed by atoms with Crippen LogP contribution in [0.2, 0.25) is 0 Å². The fourth-order valence-electron chi connectivity index (χ4n) is 2.72. The van der Waals surface area contributed by atoms with Crippen molar-refractivity contribution in [2.75, 3.05) is 5.32 Å². The molecule has 2 aromatic carbocycles. The first-order chi connectivity index (χ1) is 14.8. The number of nitrogens with one attached hydrogen (secondary N) is 2. The Labute approximate surface area is 176 Å². The van der Waals surface area contributed by atoms with Crippen LogP contribution in [-0.4, -0.2) is 29.1 Å². The van der Waals surface area contributed by atoms with E-state index in [4.69, 9.17) is 9.52 Å². The van der Waals surface area contributed by atoms with Crippen LogP contribution in [0, 0.1) is 6.92 Å². The van der Waals surface area contributed by atoms with Crippen LogP contribution in [0.25, 0.3) is 11.0 Å². The Morgan fingerprint density at radius 2 is 1.77 bits per heavy atom. The highest BCUT2D eigenvalue weighted by Crippen LogP contribution is 2.13. The van der Waals surface area contributed by atoms with Gasteiger partial charge in [-0.2, -0.15) is 5.10 Å². The molecular formula is C22H19N3O6. The number of benzene rings is 2. The average Bonchev–Trinajstić information content (AvgIpc) is 2.74. The van der Waals surface area contributed by atoms with Crippen LogP contribution in [-0.2, 0) is 9.59 Å². The van der Waals surface area contributed by atoms with Crippen molar-refractivity contribution in [1.82, 2.24) is 5.43 Å². The Hall–Kier alpha value is -4.27. The number of amides is 2. The third-order valence-electron chi connectivity index (χ3n) is 4.34. The van der Waals surface area contributed by atoms with E-state index in [1.165, 1.54) is 36.7 Å². The van der Waals surface area contributed by atoms with Gasteiger partial charge in [0.1, 0.15) is 11.8 Å². The summed E-state index contributed by atoms with van der Waals surface area (Å²) < 4.78 is 5.43. The van der Waals surface area contributed by atoms with Crippen molar-refractivity contribution in [1.29, 1.82) is 0 Å². The van der Waals surface area contributed by atoms with Crippen molar-refractivity contribution < 1.29 is 23.9 Å². The van der Waals surface area contributed by atoms with Gasteiger partial charge in [-0.1, -0.05) is 6.07 Å². The quantitative estimate of drug-likeness (QED) is 0.396. The number of hydrogen-bond donors (Lipinski definition) is 3. The molecular weight excluding hydrogens is 402 g/mol. The lowest BCUT2D eigenvalue weighted by Gasteiger charge is -2.05. The average molecular weight is 421 g/mol. The molecule has 0 aliphatic rings. The molecule has 0 saturated carbocycles. The fourth-order valence-corrected chi connectivity index (χ4v) is 2.72. The Morgan fingerprint density at radius 3 is 2.48 bits per heavy atom. The number of carbonyl (C=O) groups is 3. The van der Waals surface area contributed by atoms with Crippen molar-refractivity contribution in [2.24, 2.45) is 5.10 Å². The monoisotopic (exact) mass is 421 g/mol. The maximum atomic E-state index is 12.4. The molecule has 3 rings (SSSR count). The summed E-state index contributed by atoms with van der Waals surface area (Å²) in [5, 5.41) is 15.6. The highest BCUT2D eigenvalue weighted by molar-refractivity contribution is 5.94. The number of rotatable bonds is 7. The zero-order valence-corrected chi connectivity index (χ0v) is 16.5. The van der Waals surface area contributed by atoms with Crippen molar-refractivity contribution in [3.63, 3.8) is 0 Å². The number of anilines is 1. The lowest BCUT2D eigenvalue weighted by molar-refractivity contribution is -0.124. The van der Waals surface area contributed by atoms with Gasteiger partial charge in [0.05, 0.1) is 22.7 Å². The number of carboxylic acids is 1. The van der Waals surface area contributed by atoms with Crippen LogP contribution in [0.4, 0.5) is 5.69 Å². The van der Waals surface area contributed by atoms with Crippen molar-refractivity contribution in [2.45, 2.75) is 19.8 Å². The number of carboxylic acid groups (broad SMARTS) is 1. The van der Waals surface area contributed by atoms with Gasteiger partial charge in [-0.3, -0.25) is 14.4 Å². The molecule has 9 nitrogen and oxygen atoms in total. The zero-order valence-electron chi connectivity index (χ0n) is 16.5. The Balaban J connectivity index is 1.50. The van der Waals surface area contributed by atoms with Crippen molar-refractivity contribution in [3.05, 3.63) is 75.6 Å². The highest BCUT2D eigenvalue weighted by Gasteiger charge is 2.09. The second kappa shape index (κ2) is 9.49. The van der Waals surface area contributed by atoms with Gasteiger partial charge in [-0.15, -0.1) is 0 Å². The molecule has 158 valence electrons. The van der Waals surface area contributed by atoms with E-state index < -0.39 is 17.8 Å². The fraction of sp³-hybridized carbons (Fsp3) is 0.136. The molecule has 1 heterocycles. The van der Waals surface area contributed by atoms with E-state index in [1.807, 2.05) is 6.92 Å². The molecule has 2 amide bonds. The summed E-state index contributed by atoms with van der Waals surface area (Å²) in [5.41, 5.74) is 4.12. The first-order valence-corrected chi connectivity index (χ1v) is 9.31. The van der Waals surface area contributed by atoms with Gasteiger partial charge in [0.15, 0.2) is 0 Å². The molecule has 31 heavy (non-hydrogen) atoms. The summed E-state index contributed by atoms with van der Waals surface area (Å²) in [7, 11) is 0. The number of aromatic carboxylic acids is 1. The number of fused-ring (bicyclic) bond motifs is 1. The SMILES string of the molecule is Cc1ccc2c(=O)c(C=NNC(=O)CCC(=O)Nc3ccc(C(=O)O)cc3)coc2c1. The van der Waals surface area contributed by atoms with E-state index in [9.17, 15) is 19.2 Å². The molecule has 0 aliphatic heterocycles. The summed E-state index contributed by atoms with van der Waals surface area (Å²) in [4.78, 5) is 47.0. The first kappa shape index (κ1) is 21.4. The molecule has 0 bridgehead atoms. The van der Waals surface area contributed by atoms with Crippen LogP contribution >= 0.6 is 0 Å². The number of hydrazone groups is 1. The molecule has 0 atom stereocenters. The van der Waals surface area contributed by atoms with Crippen molar-refractivity contribution >= 4 is 40.7 Å². The Kier molecular flexibility index (Phi) is 6.56. The number of hydrogen-bond acceptors (Lipinski definition) is 6. The Bertz CT molecular complexity index is 1230.